The molecule has 1 radical (unpaired) electrons. The molecule has 0 aromatic heterocycles. The van der Waals surface area contributed by atoms with Gasteiger partial charge in [-0.2, -0.15) is 0 Å². The molecule has 0 saturated carbocycles. The lowest BCUT2D eigenvalue weighted by molar-refractivity contribution is 0.436. The molecular formula is C11H17N2. The van der Waals surface area contributed by atoms with Gasteiger partial charge in [0.15, 0.2) is 0 Å². The molecule has 0 aliphatic rings. The largest absolute Gasteiger partial charge is 0.329 e. The summed E-state index contributed by atoms with van der Waals surface area (Å²) in [6, 6.07) is 10.1. The monoisotopic (exact) mass is 177 g/mol. The summed E-state index contributed by atoms with van der Waals surface area (Å²) < 4.78 is 0. The molecular weight excluding hydrogens is 160 g/mol. The lowest BCUT2D eigenvalue weighted by atomic mass is 9.89. The van der Waals surface area contributed by atoms with Gasteiger partial charge in [0.05, 0.1) is 0 Å². The van der Waals surface area contributed by atoms with Gasteiger partial charge in [-0.3, -0.25) is 0 Å². The summed E-state index contributed by atoms with van der Waals surface area (Å²) in [5.74, 6) is 0. The Morgan fingerprint density at radius 3 is 2.31 bits per heavy atom. The molecule has 0 heterocycles. The van der Waals surface area contributed by atoms with E-state index in [1.165, 1.54) is 5.56 Å². The van der Waals surface area contributed by atoms with E-state index in [1.54, 1.807) is 0 Å². The third-order valence-electron chi connectivity index (χ3n) is 2.30. The predicted octanol–water partition coefficient (Wildman–Crippen LogP) is 1.11. The van der Waals surface area contributed by atoms with Crippen molar-refractivity contribution in [2.75, 3.05) is 6.54 Å². The molecule has 1 atom stereocenters. The van der Waals surface area contributed by atoms with Crippen LogP contribution in [0.1, 0.15) is 12.0 Å². The molecule has 0 bridgehead atoms. The Hall–Kier alpha value is -0.860. The van der Waals surface area contributed by atoms with Gasteiger partial charge in [-0.25, -0.2) is 0 Å². The first-order chi connectivity index (χ1) is 6.20. The van der Waals surface area contributed by atoms with E-state index in [9.17, 15) is 0 Å². The number of rotatable bonds is 4. The fourth-order valence-electron chi connectivity index (χ4n) is 1.27. The first-order valence-electron chi connectivity index (χ1n) is 4.52. The lowest BCUT2D eigenvalue weighted by Crippen LogP contribution is -2.48. The van der Waals surface area contributed by atoms with Crippen LogP contribution in [0, 0.1) is 6.92 Å². The zero-order valence-electron chi connectivity index (χ0n) is 7.87. The summed E-state index contributed by atoms with van der Waals surface area (Å²) in [7, 11) is 0. The Bertz CT molecular complexity index is 240. The number of hydrogen-bond donors (Lipinski definition) is 2. The SMILES string of the molecule is [CH2]CC(N)(CN)Cc1ccccc1. The minimum absolute atomic E-state index is 0.346. The van der Waals surface area contributed by atoms with Crippen molar-refractivity contribution in [3.05, 3.63) is 42.8 Å². The summed E-state index contributed by atoms with van der Waals surface area (Å²) in [4.78, 5) is 0. The van der Waals surface area contributed by atoms with Gasteiger partial charge in [-0.1, -0.05) is 37.3 Å². The van der Waals surface area contributed by atoms with Crippen molar-refractivity contribution in [1.29, 1.82) is 0 Å². The van der Waals surface area contributed by atoms with Crippen molar-refractivity contribution in [3.8, 4) is 0 Å². The Morgan fingerprint density at radius 1 is 1.23 bits per heavy atom. The molecule has 0 amide bonds. The molecule has 0 saturated heterocycles. The van der Waals surface area contributed by atoms with Crippen LogP contribution in [0.4, 0.5) is 0 Å². The van der Waals surface area contributed by atoms with Crippen molar-refractivity contribution in [3.63, 3.8) is 0 Å². The van der Waals surface area contributed by atoms with Crippen LogP contribution in [0.5, 0.6) is 0 Å². The van der Waals surface area contributed by atoms with Crippen molar-refractivity contribution >= 4 is 0 Å². The zero-order valence-corrected chi connectivity index (χ0v) is 7.87. The molecule has 1 unspecified atom stereocenters. The highest BCUT2D eigenvalue weighted by Crippen LogP contribution is 2.12. The van der Waals surface area contributed by atoms with E-state index in [-0.39, 0.29) is 5.54 Å². The summed E-state index contributed by atoms with van der Waals surface area (Å²) in [5.41, 5.74) is 12.5. The van der Waals surface area contributed by atoms with E-state index in [2.05, 4.69) is 19.1 Å². The Balaban J connectivity index is 2.68. The van der Waals surface area contributed by atoms with Crippen LogP contribution in [-0.2, 0) is 6.42 Å². The second-order valence-electron chi connectivity index (χ2n) is 3.48. The Morgan fingerprint density at radius 2 is 1.85 bits per heavy atom. The molecule has 1 aromatic rings. The van der Waals surface area contributed by atoms with Crippen molar-refractivity contribution in [2.45, 2.75) is 18.4 Å². The first-order valence-corrected chi connectivity index (χ1v) is 4.52. The average molecular weight is 177 g/mol. The van der Waals surface area contributed by atoms with Crippen LogP contribution < -0.4 is 11.5 Å². The van der Waals surface area contributed by atoms with Gasteiger partial charge in [-0.05, 0) is 18.4 Å². The third-order valence-corrected chi connectivity index (χ3v) is 2.30. The minimum Gasteiger partial charge on any atom is -0.329 e. The number of hydrogen-bond acceptors (Lipinski definition) is 2. The molecule has 0 fully saturated rings. The van der Waals surface area contributed by atoms with Gasteiger partial charge < -0.3 is 11.5 Å². The number of benzene rings is 1. The van der Waals surface area contributed by atoms with Crippen LogP contribution >= 0.6 is 0 Å². The summed E-state index contributed by atoms with van der Waals surface area (Å²) in [6.07, 6.45) is 1.46. The van der Waals surface area contributed by atoms with E-state index < -0.39 is 0 Å². The molecule has 1 rings (SSSR count). The minimum atomic E-state index is -0.346. The second-order valence-corrected chi connectivity index (χ2v) is 3.48. The van der Waals surface area contributed by atoms with E-state index >= 15 is 0 Å². The first kappa shape index (κ1) is 10.2. The molecule has 71 valence electrons. The van der Waals surface area contributed by atoms with Gasteiger partial charge in [0.2, 0.25) is 0 Å². The average Bonchev–Trinajstić information content (AvgIpc) is 2.19. The van der Waals surface area contributed by atoms with Crippen molar-refractivity contribution in [1.82, 2.24) is 0 Å². The Labute approximate surface area is 79.9 Å². The topological polar surface area (TPSA) is 52.0 Å². The maximum Gasteiger partial charge on any atom is 0.0319 e. The lowest BCUT2D eigenvalue weighted by Gasteiger charge is -2.26. The summed E-state index contributed by atoms with van der Waals surface area (Å²) >= 11 is 0. The highest BCUT2D eigenvalue weighted by Gasteiger charge is 2.20. The predicted molar refractivity (Wildman–Crippen MR) is 56.1 cm³/mol. The summed E-state index contributed by atoms with van der Waals surface area (Å²) in [6.45, 7) is 4.30. The smallest absolute Gasteiger partial charge is 0.0319 e. The van der Waals surface area contributed by atoms with Crippen LogP contribution in [0.25, 0.3) is 0 Å². The maximum atomic E-state index is 6.04. The molecule has 2 heteroatoms. The van der Waals surface area contributed by atoms with Crippen molar-refractivity contribution in [2.24, 2.45) is 11.5 Å². The highest BCUT2D eigenvalue weighted by atomic mass is 14.8. The van der Waals surface area contributed by atoms with E-state index in [0.717, 1.165) is 6.42 Å². The Kier molecular flexibility index (Phi) is 3.46. The normalized spacial score (nSPS) is 15.3. The molecule has 1 aromatic carbocycles. The quantitative estimate of drug-likeness (QED) is 0.724. The van der Waals surface area contributed by atoms with Crippen LogP contribution in [0.3, 0.4) is 0 Å². The maximum absolute atomic E-state index is 6.04. The van der Waals surface area contributed by atoms with Gasteiger partial charge >= 0.3 is 0 Å². The van der Waals surface area contributed by atoms with Crippen LogP contribution in [0.2, 0.25) is 0 Å². The molecule has 2 nitrogen and oxygen atoms in total. The van der Waals surface area contributed by atoms with Crippen LogP contribution in [-0.4, -0.2) is 12.1 Å². The summed E-state index contributed by atoms with van der Waals surface area (Å²) in [5, 5.41) is 0. The van der Waals surface area contributed by atoms with E-state index in [4.69, 9.17) is 11.5 Å². The van der Waals surface area contributed by atoms with E-state index in [1.807, 2.05) is 18.2 Å². The van der Waals surface area contributed by atoms with Gasteiger partial charge in [0.1, 0.15) is 0 Å². The fourth-order valence-corrected chi connectivity index (χ4v) is 1.27. The molecule has 13 heavy (non-hydrogen) atoms. The standard InChI is InChI=1S/C11H17N2/c1-2-11(13,9-12)8-10-6-4-3-5-7-10/h3-7H,1-2,8-9,12-13H2. The molecule has 4 N–H and O–H groups in total. The number of nitrogens with two attached hydrogens (primary N) is 2. The molecule has 0 spiro atoms. The second kappa shape index (κ2) is 4.40. The van der Waals surface area contributed by atoms with Gasteiger partial charge in [0.25, 0.3) is 0 Å². The van der Waals surface area contributed by atoms with E-state index in [0.29, 0.717) is 13.0 Å². The van der Waals surface area contributed by atoms with Crippen LogP contribution in [0.15, 0.2) is 30.3 Å². The van der Waals surface area contributed by atoms with Crippen molar-refractivity contribution < 1.29 is 0 Å². The van der Waals surface area contributed by atoms with Gasteiger partial charge in [-0.15, -0.1) is 0 Å². The molecule has 0 aliphatic carbocycles. The van der Waals surface area contributed by atoms with Gasteiger partial charge in [0, 0.05) is 12.1 Å². The highest BCUT2D eigenvalue weighted by molar-refractivity contribution is 5.18. The zero-order chi connectivity index (χ0) is 9.73. The fraction of sp³-hybridized carbons (Fsp3) is 0.364. The molecule has 0 aliphatic heterocycles. The third kappa shape index (κ3) is 2.83.